The number of carbonyl (C=O) groups excluding carboxylic acids is 1. The molecular weight excluding hydrogens is 538 g/mol. The fourth-order valence-electron chi connectivity index (χ4n) is 2.39. The quantitative estimate of drug-likeness (QED) is 0.407. The summed E-state index contributed by atoms with van der Waals surface area (Å²) in [5, 5.41) is 0.427. The number of halogens is 3. The smallest absolute Gasteiger partial charge is 0.284 e. The second-order valence-corrected chi connectivity index (χ2v) is 9.82. The van der Waals surface area contributed by atoms with Gasteiger partial charge in [-0.1, -0.05) is 23.7 Å². The van der Waals surface area contributed by atoms with E-state index in [9.17, 15) is 17.6 Å². The minimum Gasteiger partial charge on any atom is -0.286 e. The number of likely N-dealkylation sites (N-methyl/N-ethyl adjacent to an activating group) is 1. The average molecular weight is 551 g/mol. The Morgan fingerprint density at radius 1 is 1.25 bits per heavy atom. The zero-order valence-electron chi connectivity index (χ0n) is 14.4. The molecule has 0 aromatic heterocycles. The molecule has 5 nitrogen and oxygen atoms in total. The summed E-state index contributed by atoms with van der Waals surface area (Å²) in [4.78, 5) is 14.0. The van der Waals surface area contributed by atoms with Crippen LogP contribution in [0.2, 0.25) is 5.02 Å². The zero-order chi connectivity index (χ0) is 20.5. The van der Waals surface area contributed by atoms with Crippen molar-refractivity contribution < 1.29 is 17.6 Å². The molecule has 0 bridgehead atoms. The molecule has 1 aliphatic rings. The maximum atomic E-state index is 14.3. The summed E-state index contributed by atoms with van der Waals surface area (Å²) in [6.45, 7) is 1.94. The third-order valence-corrected chi connectivity index (χ3v) is 7.27. The number of hydrogen-bond acceptors (Lipinski definition) is 4. The van der Waals surface area contributed by atoms with Crippen LogP contribution in [0.4, 0.5) is 4.39 Å². The lowest BCUT2D eigenvalue weighted by Gasteiger charge is -2.11. The molecule has 1 saturated heterocycles. The molecule has 0 unspecified atom stereocenters. The van der Waals surface area contributed by atoms with Crippen LogP contribution >= 0.6 is 46.0 Å². The summed E-state index contributed by atoms with van der Waals surface area (Å²) in [6.07, 6.45) is 1.41. The molecule has 28 heavy (non-hydrogen) atoms. The third kappa shape index (κ3) is 4.42. The van der Waals surface area contributed by atoms with E-state index in [1.807, 2.05) is 22.6 Å². The van der Waals surface area contributed by atoms with Crippen LogP contribution in [0.15, 0.2) is 56.7 Å². The van der Waals surface area contributed by atoms with E-state index in [0.717, 1.165) is 11.8 Å². The molecule has 2 aromatic rings. The maximum Gasteiger partial charge on any atom is 0.284 e. The highest BCUT2D eigenvalue weighted by Crippen LogP contribution is 2.34. The van der Waals surface area contributed by atoms with E-state index in [-0.39, 0.29) is 27.1 Å². The van der Waals surface area contributed by atoms with Gasteiger partial charge in [-0.15, -0.1) is 4.40 Å². The van der Waals surface area contributed by atoms with Gasteiger partial charge in [0.2, 0.25) is 0 Å². The van der Waals surface area contributed by atoms with Gasteiger partial charge in [0.25, 0.3) is 15.9 Å². The first kappa shape index (κ1) is 21.3. The largest absolute Gasteiger partial charge is 0.286 e. The second kappa shape index (κ2) is 8.52. The number of carbonyl (C=O) groups is 1. The zero-order valence-corrected chi connectivity index (χ0v) is 18.9. The highest BCUT2D eigenvalue weighted by atomic mass is 127. The van der Waals surface area contributed by atoms with Crippen molar-refractivity contribution in [3.8, 4) is 0 Å². The van der Waals surface area contributed by atoms with Gasteiger partial charge in [0.15, 0.2) is 5.17 Å². The van der Waals surface area contributed by atoms with Crippen molar-refractivity contribution in [2.75, 3.05) is 6.54 Å². The number of rotatable bonds is 4. The Balaban J connectivity index is 1.99. The summed E-state index contributed by atoms with van der Waals surface area (Å²) < 4.78 is 43.6. The van der Waals surface area contributed by atoms with Gasteiger partial charge in [-0.2, -0.15) is 8.42 Å². The van der Waals surface area contributed by atoms with Gasteiger partial charge in [-0.05, 0) is 77.7 Å². The van der Waals surface area contributed by atoms with E-state index >= 15 is 0 Å². The molecule has 2 aromatic carbocycles. The Morgan fingerprint density at radius 3 is 2.57 bits per heavy atom. The Kier molecular flexibility index (Phi) is 6.47. The lowest BCUT2D eigenvalue weighted by molar-refractivity contribution is -0.122. The molecule has 1 fully saturated rings. The standard InChI is InChI=1S/C18H13ClFIN2O3S2/c1-2-23-17(24)15(10-11-4-3-5-14(21)16(11)20)27-18(23)22-28(25,26)13-8-6-12(19)7-9-13/h3-10H,2H2,1H3/b15-10-,22-18+. The average Bonchev–Trinajstić information content (AvgIpc) is 2.93. The van der Waals surface area contributed by atoms with Gasteiger partial charge >= 0.3 is 0 Å². The molecule has 0 saturated carbocycles. The second-order valence-electron chi connectivity index (χ2n) is 5.61. The van der Waals surface area contributed by atoms with Crippen LogP contribution in [0.3, 0.4) is 0 Å². The number of amidine groups is 1. The first-order valence-electron chi connectivity index (χ1n) is 7.99. The molecule has 0 N–H and O–H groups in total. The summed E-state index contributed by atoms with van der Waals surface area (Å²) in [5.41, 5.74) is 0.251. The Labute approximate surface area is 184 Å². The van der Waals surface area contributed by atoms with Crippen LogP contribution in [-0.4, -0.2) is 30.9 Å². The van der Waals surface area contributed by atoms with E-state index in [1.165, 1.54) is 35.2 Å². The third-order valence-electron chi connectivity index (χ3n) is 3.78. The number of benzene rings is 2. The van der Waals surface area contributed by atoms with E-state index < -0.39 is 21.7 Å². The van der Waals surface area contributed by atoms with Crippen molar-refractivity contribution in [1.82, 2.24) is 4.90 Å². The molecular formula is C18H13ClFIN2O3S2. The minimum atomic E-state index is -4.03. The summed E-state index contributed by atoms with van der Waals surface area (Å²) in [6, 6.07) is 10.4. The molecule has 1 heterocycles. The van der Waals surface area contributed by atoms with Crippen LogP contribution in [-0.2, 0) is 14.8 Å². The SMILES string of the molecule is CCN1C(=O)/C(=C/c2cccc(I)c2F)S/C1=N/S(=O)(=O)c1ccc(Cl)cc1. The lowest BCUT2D eigenvalue weighted by atomic mass is 10.2. The number of nitrogens with zero attached hydrogens (tertiary/aromatic N) is 2. The fourth-order valence-corrected chi connectivity index (χ4v) is 5.27. The topological polar surface area (TPSA) is 66.8 Å². The predicted molar refractivity (Wildman–Crippen MR) is 118 cm³/mol. The minimum absolute atomic E-state index is 0.0275. The predicted octanol–water partition coefficient (Wildman–Crippen LogP) is 4.76. The molecule has 146 valence electrons. The van der Waals surface area contributed by atoms with Crippen LogP contribution in [0.5, 0.6) is 0 Å². The van der Waals surface area contributed by atoms with Crippen LogP contribution < -0.4 is 0 Å². The molecule has 0 radical (unpaired) electrons. The van der Waals surface area contributed by atoms with Gasteiger partial charge in [-0.3, -0.25) is 9.69 Å². The Hall–Kier alpha value is -1.43. The molecule has 0 atom stereocenters. The highest BCUT2D eigenvalue weighted by Gasteiger charge is 2.34. The van der Waals surface area contributed by atoms with E-state index in [1.54, 1.807) is 25.1 Å². The van der Waals surface area contributed by atoms with Gasteiger partial charge in [0.05, 0.1) is 9.80 Å². The van der Waals surface area contributed by atoms with Crippen LogP contribution in [0.1, 0.15) is 12.5 Å². The van der Waals surface area contributed by atoms with Gasteiger partial charge in [0.1, 0.15) is 5.82 Å². The van der Waals surface area contributed by atoms with E-state index in [2.05, 4.69) is 4.40 Å². The molecule has 0 aliphatic carbocycles. The van der Waals surface area contributed by atoms with Crippen molar-refractivity contribution in [2.24, 2.45) is 4.40 Å². The highest BCUT2D eigenvalue weighted by molar-refractivity contribution is 14.1. The number of amides is 1. The van der Waals surface area contributed by atoms with Crippen molar-refractivity contribution in [2.45, 2.75) is 11.8 Å². The summed E-state index contributed by atoms with van der Waals surface area (Å²) in [5.74, 6) is -0.859. The van der Waals surface area contributed by atoms with Crippen molar-refractivity contribution >= 4 is 73.1 Å². The first-order valence-corrected chi connectivity index (χ1v) is 11.7. The Morgan fingerprint density at radius 2 is 1.93 bits per heavy atom. The van der Waals surface area contributed by atoms with Crippen LogP contribution in [0, 0.1) is 9.39 Å². The lowest BCUT2D eigenvalue weighted by Crippen LogP contribution is -2.29. The molecule has 1 amide bonds. The van der Waals surface area contributed by atoms with Crippen molar-refractivity contribution in [1.29, 1.82) is 0 Å². The van der Waals surface area contributed by atoms with Crippen LogP contribution in [0.25, 0.3) is 6.08 Å². The number of hydrogen-bond donors (Lipinski definition) is 0. The molecule has 1 aliphatic heterocycles. The van der Waals surface area contributed by atoms with Crippen molar-refractivity contribution in [3.63, 3.8) is 0 Å². The first-order chi connectivity index (χ1) is 13.2. The van der Waals surface area contributed by atoms with Gasteiger partial charge in [-0.25, -0.2) is 4.39 Å². The molecule has 10 heteroatoms. The maximum absolute atomic E-state index is 14.3. The molecule has 0 spiro atoms. The molecule has 3 rings (SSSR count). The fraction of sp³-hybridized carbons (Fsp3) is 0.111. The van der Waals surface area contributed by atoms with E-state index in [4.69, 9.17) is 11.6 Å². The van der Waals surface area contributed by atoms with E-state index in [0.29, 0.717) is 8.59 Å². The summed E-state index contributed by atoms with van der Waals surface area (Å²) >= 11 is 8.55. The van der Waals surface area contributed by atoms with Gasteiger partial charge < -0.3 is 0 Å². The summed E-state index contributed by atoms with van der Waals surface area (Å²) in [7, 11) is -4.03. The number of sulfonamides is 1. The van der Waals surface area contributed by atoms with Crippen molar-refractivity contribution in [3.05, 3.63) is 67.3 Å². The number of thioether (sulfide) groups is 1. The van der Waals surface area contributed by atoms with Gasteiger partial charge in [0, 0.05) is 20.7 Å². The monoisotopic (exact) mass is 550 g/mol. The Bertz CT molecular complexity index is 1100. The normalized spacial score (nSPS) is 17.7.